The van der Waals surface area contributed by atoms with Crippen LogP contribution in [0.25, 0.3) is 0 Å². The van der Waals surface area contributed by atoms with Crippen molar-refractivity contribution in [2.24, 2.45) is 0 Å². The third-order valence-corrected chi connectivity index (χ3v) is 4.99. The van der Waals surface area contributed by atoms with Crippen molar-refractivity contribution in [2.45, 2.75) is 25.4 Å². The minimum atomic E-state index is -0.0715. The summed E-state index contributed by atoms with van der Waals surface area (Å²) in [7, 11) is 0. The summed E-state index contributed by atoms with van der Waals surface area (Å²) in [6.45, 7) is 1.99. The Morgan fingerprint density at radius 1 is 1.20 bits per heavy atom. The van der Waals surface area contributed by atoms with Gasteiger partial charge in [0.25, 0.3) is 5.91 Å². The first-order valence-corrected chi connectivity index (χ1v) is 9.38. The average Bonchev–Trinajstić information content (AvgIpc) is 3.15. The second-order valence-corrected chi connectivity index (χ2v) is 6.92. The van der Waals surface area contributed by atoms with Crippen LogP contribution in [0.4, 0.5) is 0 Å². The molecule has 132 valence electrons. The predicted octanol–water partition coefficient (Wildman–Crippen LogP) is 3.98. The van der Waals surface area contributed by atoms with E-state index < -0.39 is 0 Å². The van der Waals surface area contributed by atoms with Crippen molar-refractivity contribution in [3.05, 3.63) is 64.1 Å². The molecule has 1 aliphatic rings. The Morgan fingerprint density at radius 3 is 2.72 bits per heavy atom. The molecule has 1 aliphatic heterocycles. The highest BCUT2D eigenvalue weighted by molar-refractivity contribution is 9.10. The molecule has 2 aromatic rings. The van der Waals surface area contributed by atoms with E-state index in [9.17, 15) is 4.79 Å². The second kappa shape index (κ2) is 9.02. The van der Waals surface area contributed by atoms with Crippen LogP contribution in [0.5, 0.6) is 5.75 Å². The zero-order valence-corrected chi connectivity index (χ0v) is 15.6. The van der Waals surface area contributed by atoms with Gasteiger partial charge >= 0.3 is 0 Å². The van der Waals surface area contributed by atoms with Crippen LogP contribution >= 0.6 is 15.9 Å². The molecule has 4 nitrogen and oxygen atoms in total. The highest BCUT2D eigenvalue weighted by Crippen LogP contribution is 2.17. The van der Waals surface area contributed by atoms with Crippen LogP contribution in [-0.4, -0.2) is 31.8 Å². The van der Waals surface area contributed by atoms with Gasteiger partial charge in [0.15, 0.2) is 0 Å². The van der Waals surface area contributed by atoms with Crippen molar-refractivity contribution in [1.82, 2.24) is 5.32 Å². The minimum Gasteiger partial charge on any atom is -0.491 e. The predicted molar refractivity (Wildman–Crippen MR) is 101 cm³/mol. The van der Waals surface area contributed by atoms with Gasteiger partial charge in [0.1, 0.15) is 12.4 Å². The highest BCUT2D eigenvalue weighted by atomic mass is 79.9. The number of rotatable bonds is 7. The molecule has 1 atom stereocenters. The van der Waals surface area contributed by atoms with Gasteiger partial charge in [-0.05, 0) is 55.2 Å². The fourth-order valence-corrected chi connectivity index (χ4v) is 3.26. The fraction of sp³-hybridized carbons (Fsp3) is 0.350. The molecule has 3 rings (SSSR count). The maximum absolute atomic E-state index is 12.2. The normalized spacial score (nSPS) is 16.6. The van der Waals surface area contributed by atoms with E-state index in [1.165, 1.54) is 5.56 Å². The van der Waals surface area contributed by atoms with E-state index in [4.69, 9.17) is 9.47 Å². The minimum absolute atomic E-state index is 0.0715. The van der Waals surface area contributed by atoms with Gasteiger partial charge in [-0.15, -0.1) is 0 Å². The first-order chi connectivity index (χ1) is 12.2. The van der Waals surface area contributed by atoms with Crippen LogP contribution in [0.3, 0.4) is 0 Å². The topological polar surface area (TPSA) is 47.6 Å². The van der Waals surface area contributed by atoms with Gasteiger partial charge in [0, 0.05) is 23.2 Å². The molecular weight excluding hydrogens is 382 g/mol. The molecule has 2 aromatic carbocycles. The van der Waals surface area contributed by atoms with E-state index in [-0.39, 0.29) is 12.0 Å². The van der Waals surface area contributed by atoms with Gasteiger partial charge in [0.05, 0.1) is 6.10 Å². The molecule has 0 aliphatic carbocycles. The molecule has 25 heavy (non-hydrogen) atoms. The lowest BCUT2D eigenvalue weighted by Gasteiger charge is -2.12. The second-order valence-electron chi connectivity index (χ2n) is 6.07. The number of ether oxygens (including phenoxy) is 2. The number of benzene rings is 2. The number of nitrogens with one attached hydrogen (secondary N) is 1. The van der Waals surface area contributed by atoms with Crippen LogP contribution in [0.2, 0.25) is 0 Å². The van der Waals surface area contributed by atoms with Crippen LogP contribution in [0.15, 0.2) is 53.0 Å². The van der Waals surface area contributed by atoms with E-state index in [2.05, 4.69) is 27.3 Å². The summed E-state index contributed by atoms with van der Waals surface area (Å²) in [5.74, 6) is 0.693. The number of carbonyl (C=O) groups is 1. The first kappa shape index (κ1) is 18.0. The maximum atomic E-state index is 12.2. The van der Waals surface area contributed by atoms with Crippen molar-refractivity contribution in [3.63, 3.8) is 0 Å². The third kappa shape index (κ3) is 5.31. The smallest absolute Gasteiger partial charge is 0.251 e. The van der Waals surface area contributed by atoms with Crippen molar-refractivity contribution < 1.29 is 14.3 Å². The number of hydrogen-bond donors (Lipinski definition) is 1. The lowest BCUT2D eigenvalue weighted by atomic mass is 10.1. The summed E-state index contributed by atoms with van der Waals surface area (Å²) >= 11 is 3.52. The summed E-state index contributed by atoms with van der Waals surface area (Å²) < 4.78 is 12.3. The number of halogens is 1. The molecule has 1 amide bonds. The van der Waals surface area contributed by atoms with Gasteiger partial charge in [-0.25, -0.2) is 0 Å². The Morgan fingerprint density at radius 2 is 2.00 bits per heavy atom. The van der Waals surface area contributed by atoms with Crippen LogP contribution in [0.1, 0.15) is 28.8 Å². The lowest BCUT2D eigenvalue weighted by Crippen LogP contribution is -2.25. The maximum Gasteiger partial charge on any atom is 0.251 e. The largest absolute Gasteiger partial charge is 0.491 e. The molecule has 0 saturated carbocycles. The molecular formula is C20H22BrNO3. The fourth-order valence-electron chi connectivity index (χ4n) is 2.78. The molecule has 5 heteroatoms. The third-order valence-electron chi connectivity index (χ3n) is 4.21. The van der Waals surface area contributed by atoms with Crippen molar-refractivity contribution >= 4 is 21.8 Å². The zero-order chi connectivity index (χ0) is 17.5. The van der Waals surface area contributed by atoms with Crippen molar-refractivity contribution in [2.75, 3.05) is 19.8 Å². The summed E-state index contributed by atoms with van der Waals surface area (Å²) in [5.41, 5.74) is 1.82. The lowest BCUT2D eigenvalue weighted by molar-refractivity contribution is 0.0679. The standard InChI is InChI=1S/C20H22BrNO3/c21-19-6-2-1-4-15(19)11-12-22-20(23)16-7-9-17(10-8-16)25-14-18-5-3-13-24-18/h1-2,4,6-10,18H,3,5,11-14H2,(H,22,23). The molecule has 0 radical (unpaired) electrons. The summed E-state index contributed by atoms with van der Waals surface area (Å²) in [6, 6.07) is 15.3. The van der Waals surface area contributed by atoms with E-state index in [1.54, 1.807) is 12.1 Å². The summed E-state index contributed by atoms with van der Waals surface area (Å²) in [4.78, 5) is 12.2. The van der Waals surface area contributed by atoms with E-state index in [0.29, 0.717) is 18.7 Å². The Balaban J connectivity index is 1.44. The molecule has 0 aromatic heterocycles. The molecule has 0 spiro atoms. The van der Waals surface area contributed by atoms with E-state index in [0.717, 1.165) is 36.1 Å². The van der Waals surface area contributed by atoms with Gasteiger partial charge in [-0.3, -0.25) is 4.79 Å². The molecule has 1 fully saturated rings. The van der Waals surface area contributed by atoms with Gasteiger partial charge < -0.3 is 14.8 Å². The SMILES string of the molecule is O=C(NCCc1ccccc1Br)c1ccc(OCC2CCCO2)cc1. The molecule has 1 heterocycles. The van der Waals surface area contributed by atoms with Gasteiger partial charge in [-0.2, -0.15) is 0 Å². The van der Waals surface area contributed by atoms with E-state index >= 15 is 0 Å². The first-order valence-electron chi connectivity index (χ1n) is 8.58. The molecule has 1 unspecified atom stereocenters. The van der Waals surface area contributed by atoms with Crippen molar-refractivity contribution in [1.29, 1.82) is 0 Å². The molecule has 1 N–H and O–H groups in total. The van der Waals surface area contributed by atoms with Crippen LogP contribution < -0.4 is 10.1 Å². The number of carbonyl (C=O) groups excluding carboxylic acids is 1. The quantitative estimate of drug-likeness (QED) is 0.760. The van der Waals surface area contributed by atoms with Crippen LogP contribution in [-0.2, 0) is 11.2 Å². The molecule has 0 bridgehead atoms. The summed E-state index contributed by atoms with van der Waals surface area (Å²) in [6.07, 6.45) is 3.14. The van der Waals surface area contributed by atoms with Gasteiger partial charge in [0.2, 0.25) is 0 Å². The zero-order valence-electron chi connectivity index (χ0n) is 14.0. The monoisotopic (exact) mass is 403 g/mol. The van der Waals surface area contributed by atoms with Crippen LogP contribution in [0, 0.1) is 0 Å². The number of hydrogen-bond acceptors (Lipinski definition) is 3. The highest BCUT2D eigenvalue weighted by Gasteiger charge is 2.16. The van der Waals surface area contributed by atoms with Gasteiger partial charge in [-0.1, -0.05) is 34.1 Å². The van der Waals surface area contributed by atoms with Crippen molar-refractivity contribution in [3.8, 4) is 5.75 Å². The molecule has 1 saturated heterocycles. The Kier molecular flexibility index (Phi) is 6.48. The Bertz CT molecular complexity index is 696. The average molecular weight is 404 g/mol. The van der Waals surface area contributed by atoms with E-state index in [1.807, 2.05) is 30.3 Å². The Labute approximate surface area is 156 Å². The number of amides is 1. The Hall–Kier alpha value is -1.85. The summed E-state index contributed by atoms with van der Waals surface area (Å²) in [5, 5.41) is 2.95.